The average Bonchev–Trinajstić information content (AvgIpc) is 2.38. The normalized spacial score (nSPS) is 9.40. The van der Waals surface area contributed by atoms with Crippen molar-refractivity contribution in [3.05, 3.63) is 12.7 Å². The standard InChI is InChI=1S/C12H16O8/c1-2-10(15)18-7-4-12(17)20-8-5-11(16)19-6-3-9(13)14/h2H,1,3-8H2,(H,13,14). The van der Waals surface area contributed by atoms with E-state index in [1.807, 2.05) is 0 Å². The van der Waals surface area contributed by atoms with Gasteiger partial charge in [-0.15, -0.1) is 0 Å². The third kappa shape index (κ3) is 10.8. The van der Waals surface area contributed by atoms with E-state index in [9.17, 15) is 19.2 Å². The molecule has 0 spiro atoms. The largest absolute Gasteiger partial charge is 0.481 e. The Bertz CT molecular complexity index is 374. The van der Waals surface area contributed by atoms with Crippen LogP contribution in [-0.4, -0.2) is 48.8 Å². The molecule has 1 N–H and O–H groups in total. The Hall–Kier alpha value is -2.38. The molecule has 8 heteroatoms. The van der Waals surface area contributed by atoms with Crippen LogP contribution in [0.1, 0.15) is 19.3 Å². The predicted molar refractivity (Wildman–Crippen MR) is 64.6 cm³/mol. The fraction of sp³-hybridized carbons (Fsp3) is 0.500. The lowest BCUT2D eigenvalue weighted by atomic mass is 10.4. The maximum Gasteiger partial charge on any atom is 0.330 e. The molecule has 0 aliphatic rings. The number of carboxylic acid groups (broad SMARTS) is 1. The summed E-state index contributed by atoms with van der Waals surface area (Å²) in [4.78, 5) is 43.0. The molecule has 0 amide bonds. The highest BCUT2D eigenvalue weighted by atomic mass is 16.6. The zero-order chi connectivity index (χ0) is 15.4. The van der Waals surface area contributed by atoms with Gasteiger partial charge in [0.1, 0.15) is 19.8 Å². The number of hydrogen-bond donors (Lipinski definition) is 1. The number of carboxylic acids is 1. The van der Waals surface area contributed by atoms with Gasteiger partial charge in [-0.05, 0) is 0 Å². The quantitative estimate of drug-likeness (QED) is 0.340. The number of carbonyl (C=O) groups is 4. The first-order valence-corrected chi connectivity index (χ1v) is 5.78. The molecule has 8 nitrogen and oxygen atoms in total. The third-order valence-corrected chi connectivity index (χ3v) is 1.87. The third-order valence-electron chi connectivity index (χ3n) is 1.87. The summed E-state index contributed by atoms with van der Waals surface area (Å²) in [5.74, 6) is -2.99. The van der Waals surface area contributed by atoms with Crippen LogP contribution >= 0.6 is 0 Å². The molecule has 0 rings (SSSR count). The molecule has 20 heavy (non-hydrogen) atoms. The van der Waals surface area contributed by atoms with Crippen LogP contribution < -0.4 is 0 Å². The van der Waals surface area contributed by atoms with Crippen molar-refractivity contribution in [2.45, 2.75) is 19.3 Å². The molecule has 0 saturated carbocycles. The molecule has 0 radical (unpaired) electrons. The van der Waals surface area contributed by atoms with E-state index in [4.69, 9.17) is 5.11 Å². The summed E-state index contributed by atoms with van der Waals surface area (Å²) in [6, 6.07) is 0. The molecule has 0 unspecified atom stereocenters. The second kappa shape index (κ2) is 10.5. The molecule has 0 aliphatic carbocycles. The highest BCUT2D eigenvalue weighted by Crippen LogP contribution is 1.94. The summed E-state index contributed by atoms with van der Waals surface area (Å²) >= 11 is 0. The van der Waals surface area contributed by atoms with E-state index in [2.05, 4.69) is 20.8 Å². The van der Waals surface area contributed by atoms with Gasteiger partial charge in [-0.3, -0.25) is 14.4 Å². The van der Waals surface area contributed by atoms with E-state index in [1.54, 1.807) is 0 Å². The van der Waals surface area contributed by atoms with Gasteiger partial charge < -0.3 is 19.3 Å². The first-order valence-electron chi connectivity index (χ1n) is 5.78. The number of hydrogen-bond acceptors (Lipinski definition) is 7. The van der Waals surface area contributed by atoms with Crippen LogP contribution in [0.5, 0.6) is 0 Å². The van der Waals surface area contributed by atoms with Gasteiger partial charge in [0, 0.05) is 6.08 Å². The Morgan fingerprint density at radius 2 is 1.30 bits per heavy atom. The summed E-state index contributed by atoms with van der Waals surface area (Å²) in [5, 5.41) is 8.31. The van der Waals surface area contributed by atoms with Gasteiger partial charge in [-0.1, -0.05) is 6.58 Å². The smallest absolute Gasteiger partial charge is 0.330 e. The molecule has 0 aliphatic heterocycles. The minimum absolute atomic E-state index is 0.131. The summed E-state index contributed by atoms with van der Waals surface area (Å²) in [6.45, 7) is 2.65. The van der Waals surface area contributed by atoms with E-state index in [0.29, 0.717) is 0 Å². The van der Waals surface area contributed by atoms with Crippen LogP contribution in [0, 0.1) is 0 Å². The number of esters is 3. The molecule has 0 bridgehead atoms. The number of ether oxygens (including phenoxy) is 3. The molecular weight excluding hydrogens is 272 g/mol. The Kier molecular flexibility index (Phi) is 9.28. The van der Waals surface area contributed by atoms with Gasteiger partial charge in [0.15, 0.2) is 0 Å². The monoisotopic (exact) mass is 288 g/mol. The van der Waals surface area contributed by atoms with Crippen LogP contribution in [-0.2, 0) is 33.4 Å². The summed E-state index contributed by atoms with van der Waals surface area (Å²) in [6.07, 6.45) is 0.393. The fourth-order valence-electron chi connectivity index (χ4n) is 0.939. The van der Waals surface area contributed by atoms with Crippen molar-refractivity contribution in [1.82, 2.24) is 0 Å². The van der Waals surface area contributed by atoms with Crippen molar-refractivity contribution in [2.24, 2.45) is 0 Å². The number of aliphatic carboxylic acids is 1. The molecule has 0 aromatic rings. The second-order valence-electron chi connectivity index (χ2n) is 3.46. The summed E-state index contributed by atoms with van der Waals surface area (Å²) < 4.78 is 13.8. The average molecular weight is 288 g/mol. The molecule has 0 saturated heterocycles. The molecular formula is C12H16O8. The first kappa shape index (κ1) is 17.6. The van der Waals surface area contributed by atoms with Crippen LogP contribution in [0.25, 0.3) is 0 Å². The van der Waals surface area contributed by atoms with Crippen molar-refractivity contribution in [2.75, 3.05) is 19.8 Å². The summed E-state index contributed by atoms with van der Waals surface area (Å²) in [5.41, 5.74) is 0. The van der Waals surface area contributed by atoms with Gasteiger partial charge in [0.25, 0.3) is 0 Å². The molecule has 0 heterocycles. The lowest BCUT2D eigenvalue weighted by Gasteiger charge is -2.05. The lowest BCUT2D eigenvalue weighted by molar-refractivity contribution is -0.150. The van der Waals surface area contributed by atoms with Gasteiger partial charge >= 0.3 is 23.9 Å². The van der Waals surface area contributed by atoms with Gasteiger partial charge in [-0.25, -0.2) is 4.79 Å². The fourth-order valence-corrected chi connectivity index (χ4v) is 0.939. The number of carbonyl (C=O) groups excluding carboxylic acids is 3. The highest BCUT2D eigenvalue weighted by molar-refractivity contribution is 5.81. The Balaban J connectivity index is 3.55. The minimum Gasteiger partial charge on any atom is -0.481 e. The van der Waals surface area contributed by atoms with Gasteiger partial charge in [-0.2, -0.15) is 0 Å². The Morgan fingerprint density at radius 3 is 1.75 bits per heavy atom. The maximum absolute atomic E-state index is 11.1. The topological polar surface area (TPSA) is 116 Å². The Labute approximate surface area is 115 Å². The van der Waals surface area contributed by atoms with Crippen molar-refractivity contribution in [1.29, 1.82) is 0 Å². The molecule has 0 aromatic heterocycles. The van der Waals surface area contributed by atoms with Crippen molar-refractivity contribution in [3.8, 4) is 0 Å². The zero-order valence-corrected chi connectivity index (χ0v) is 10.8. The van der Waals surface area contributed by atoms with Crippen molar-refractivity contribution < 1.29 is 38.5 Å². The van der Waals surface area contributed by atoms with E-state index >= 15 is 0 Å². The van der Waals surface area contributed by atoms with E-state index in [-0.39, 0.29) is 39.1 Å². The van der Waals surface area contributed by atoms with Crippen LogP contribution in [0.15, 0.2) is 12.7 Å². The van der Waals surface area contributed by atoms with Crippen LogP contribution in [0.2, 0.25) is 0 Å². The Morgan fingerprint density at radius 1 is 0.850 bits per heavy atom. The van der Waals surface area contributed by atoms with Crippen molar-refractivity contribution >= 4 is 23.9 Å². The number of rotatable bonds is 10. The van der Waals surface area contributed by atoms with Crippen LogP contribution in [0.3, 0.4) is 0 Å². The molecule has 0 aromatic carbocycles. The molecule has 0 fully saturated rings. The first-order chi connectivity index (χ1) is 9.45. The SMILES string of the molecule is C=CC(=O)OCCC(=O)OCCC(=O)OCCC(=O)O. The van der Waals surface area contributed by atoms with Gasteiger partial charge in [0.05, 0.1) is 19.3 Å². The second-order valence-corrected chi connectivity index (χ2v) is 3.46. The van der Waals surface area contributed by atoms with Gasteiger partial charge in [0.2, 0.25) is 0 Å². The van der Waals surface area contributed by atoms with E-state index in [1.165, 1.54) is 0 Å². The van der Waals surface area contributed by atoms with E-state index < -0.39 is 23.9 Å². The highest BCUT2D eigenvalue weighted by Gasteiger charge is 2.08. The lowest BCUT2D eigenvalue weighted by Crippen LogP contribution is -2.15. The van der Waals surface area contributed by atoms with E-state index in [0.717, 1.165) is 6.08 Å². The van der Waals surface area contributed by atoms with Crippen LogP contribution in [0.4, 0.5) is 0 Å². The molecule has 112 valence electrons. The van der Waals surface area contributed by atoms with Crippen molar-refractivity contribution in [3.63, 3.8) is 0 Å². The predicted octanol–water partition coefficient (Wildman–Crippen LogP) is 0.0569. The summed E-state index contributed by atoms with van der Waals surface area (Å²) in [7, 11) is 0. The molecule has 0 atom stereocenters. The maximum atomic E-state index is 11.1. The zero-order valence-electron chi connectivity index (χ0n) is 10.8. The minimum atomic E-state index is -1.07.